The van der Waals surface area contributed by atoms with Crippen LogP contribution in [0.2, 0.25) is 0 Å². The van der Waals surface area contributed by atoms with E-state index in [2.05, 4.69) is 5.32 Å². The van der Waals surface area contributed by atoms with E-state index in [4.69, 9.17) is 4.74 Å². The predicted octanol–water partition coefficient (Wildman–Crippen LogP) is 3.41. The van der Waals surface area contributed by atoms with Gasteiger partial charge in [0.05, 0.1) is 19.1 Å². The molecule has 0 saturated heterocycles. The summed E-state index contributed by atoms with van der Waals surface area (Å²) >= 11 is 0. The van der Waals surface area contributed by atoms with Crippen LogP contribution in [0.5, 0.6) is 5.75 Å². The van der Waals surface area contributed by atoms with Crippen LogP contribution in [0.25, 0.3) is 0 Å². The second-order valence-corrected chi connectivity index (χ2v) is 11.8. The molecule has 0 spiro atoms. The van der Waals surface area contributed by atoms with Gasteiger partial charge in [0.2, 0.25) is 21.8 Å². The molecule has 0 fully saturated rings. The number of sulfonamides is 1. The number of nitrogens with one attached hydrogen (secondary N) is 1. The summed E-state index contributed by atoms with van der Waals surface area (Å²) in [6, 6.07) is 11.9. The van der Waals surface area contributed by atoms with Gasteiger partial charge in [-0.3, -0.25) is 13.9 Å². The number of nitrogens with zero attached hydrogens (tertiary/aromatic N) is 2. The first-order valence-corrected chi connectivity index (χ1v) is 13.3. The molecule has 0 bridgehead atoms. The fourth-order valence-corrected chi connectivity index (χ4v) is 4.38. The summed E-state index contributed by atoms with van der Waals surface area (Å²) in [5, 5.41) is 2.91. The van der Waals surface area contributed by atoms with Crippen molar-refractivity contribution in [2.45, 2.75) is 59.7 Å². The molecule has 192 valence electrons. The van der Waals surface area contributed by atoms with Gasteiger partial charge in [0.1, 0.15) is 18.3 Å². The van der Waals surface area contributed by atoms with Crippen molar-refractivity contribution in [2.75, 3.05) is 24.2 Å². The number of carbonyl (C=O) groups excluding carboxylic acids is 2. The molecule has 9 heteroatoms. The quantitative estimate of drug-likeness (QED) is 0.566. The van der Waals surface area contributed by atoms with Crippen LogP contribution in [-0.2, 0) is 26.2 Å². The van der Waals surface area contributed by atoms with Crippen molar-refractivity contribution in [1.29, 1.82) is 0 Å². The number of carbonyl (C=O) groups is 2. The Morgan fingerprint density at radius 3 is 2.11 bits per heavy atom. The van der Waals surface area contributed by atoms with Gasteiger partial charge < -0.3 is 15.0 Å². The molecule has 35 heavy (non-hydrogen) atoms. The minimum absolute atomic E-state index is 0.153. The summed E-state index contributed by atoms with van der Waals surface area (Å²) in [6.45, 7) is 10.7. The number of benzene rings is 2. The third-order valence-electron chi connectivity index (χ3n) is 5.42. The Bertz CT molecular complexity index is 1150. The normalized spacial score (nSPS) is 12.6. The van der Waals surface area contributed by atoms with Crippen molar-refractivity contribution < 1.29 is 22.7 Å². The lowest BCUT2D eigenvalue weighted by molar-refractivity contribution is -0.140. The number of methoxy groups -OCH3 is 1. The van der Waals surface area contributed by atoms with E-state index in [1.165, 1.54) is 12.0 Å². The molecule has 0 saturated carbocycles. The van der Waals surface area contributed by atoms with Gasteiger partial charge in [-0.25, -0.2) is 8.42 Å². The second-order valence-electron chi connectivity index (χ2n) is 9.87. The van der Waals surface area contributed by atoms with Gasteiger partial charge in [0, 0.05) is 12.1 Å². The van der Waals surface area contributed by atoms with Crippen LogP contribution in [0.4, 0.5) is 5.69 Å². The van der Waals surface area contributed by atoms with Crippen molar-refractivity contribution in [1.82, 2.24) is 10.2 Å². The maximum Gasteiger partial charge on any atom is 0.244 e. The largest absolute Gasteiger partial charge is 0.495 e. The average molecular weight is 504 g/mol. The van der Waals surface area contributed by atoms with Gasteiger partial charge in [-0.2, -0.15) is 0 Å². The molecule has 8 nitrogen and oxygen atoms in total. The number of hydrogen-bond acceptors (Lipinski definition) is 5. The molecule has 0 aliphatic carbocycles. The van der Waals surface area contributed by atoms with Gasteiger partial charge in [0.25, 0.3) is 0 Å². The van der Waals surface area contributed by atoms with E-state index >= 15 is 0 Å². The Kier molecular flexibility index (Phi) is 8.94. The van der Waals surface area contributed by atoms with Crippen molar-refractivity contribution in [3.63, 3.8) is 0 Å². The smallest absolute Gasteiger partial charge is 0.244 e. The Labute approximate surface area is 209 Å². The van der Waals surface area contributed by atoms with Crippen LogP contribution in [0.3, 0.4) is 0 Å². The minimum Gasteiger partial charge on any atom is -0.495 e. The lowest BCUT2D eigenvalue weighted by Crippen LogP contribution is -2.54. The zero-order valence-corrected chi connectivity index (χ0v) is 22.7. The van der Waals surface area contributed by atoms with Crippen molar-refractivity contribution in [2.24, 2.45) is 0 Å². The van der Waals surface area contributed by atoms with E-state index < -0.39 is 34.1 Å². The van der Waals surface area contributed by atoms with E-state index in [-0.39, 0.29) is 18.1 Å². The molecule has 2 amide bonds. The lowest BCUT2D eigenvalue weighted by atomic mass is 10.1. The monoisotopic (exact) mass is 503 g/mol. The van der Waals surface area contributed by atoms with Crippen molar-refractivity contribution in [3.05, 3.63) is 59.2 Å². The maximum atomic E-state index is 13.6. The zero-order chi connectivity index (χ0) is 26.6. The highest BCUT2D eigenvalue weighted by molar-refractivity contribution is 7.92. The molecule has 0 aliphatic rings. The summed E-state index contributed by atoms with van der Waals surface area (Å²) < 4.78 is 32.0. The molecule has 1 atom stereocenters. The molecule has 0 aromatic heterocycles. The highest BCUT2D eigenvalue weighted by Crippen LogP contribution is 2.31. The van der Waals surface area contributed by atoms with Crippen LogP contribution in [0.15, 0.2) is 42.5 Å². The highest BCUT2D eigenvalue weighted by atomic mass is 32.2. The number of hydrogen-bond donors (Lipinski definition) is 1. The molecule has 2 aromatic carbocycles. The fourth-order valence-electron chi connectivity index (χ4n) is 3.54. The highest BCUT2D eigenvalue weighted by Gasteiger charge is 2.32. The van der Waals surface area contributed by atoms with E-state index in [9.17, 15) is 18.0 Å². The van der Waals surface area contributed by atoms with E-state index in [1.54, 1.807) is 25.1 Å². The number of anilines is 1. The molecule has 0 aliphatic heterocycles. The lowest BCUT2D eigenvalue weighted by Gasteiger charge is -2.33. The van der Waals surface area contributed by atoms with Crippen molar-refractivity contribution in [3.8, 4) is 5.75 Å². The molecule has 1 unspecified atom stereocenters. The Morgan fingerprint density at radius 1 is 1.03 bits per heavy atom. The number of amides is 2. The number of ether oxygens (including phenoxy) is 1. The summed E-state index contributed by atoms with van der Waals surface area (Å²) in [6.07, 6.45) is 1.04. The van der Waals surface area contributed by atoms with Crippen LogP contribution < -0.4 is 14.4 Å². The third kappa shape index (κ3) is 7.99. The Balaban J connectivity index is 2.47. The van der Waals surface area contributed by atoms with Gasteiger partial charge in [-0.1, -0.05) is 35.9 Å². The predicted molar refractivity (Wildman–Crippen MR) is 139 cm³/mol. The van der Waals surface area contributed by atoms with Crippen LogP contribution >= 0.6 is 0 Å². The summed E-state index contributed by atoms with van der Waals surface area (Å²) in [5.74, 6) is -0.495. The maximum absolute atomic E-state index is 13.6. The zero-order valence-electron chi connectivity index (χ0n) is 21.9. The summed E-state index contributed by atoms with van der Waals surface area (Å²) in [5.41, 5.74) is 2.50. The molecule has 0 radical (unpaired) electrons. The first kappa shape index (κ1) is 28.2. The number of rotatable bonds is 9. The minimum atomic E-state index is -3.84. The third-order valence-corrected chi connectivity index (χ3v) is 6.55. The summed E-state index contributed by atoms with van der Waals surface area (Å²) in [7, 11) is -2.40. The van der Waals surface area contributed by atoms with Gasteiger partial charge in [-0.05, 0) is 64.8 Å². The van der Waals surface area contributed by atoms with E-state index in [1.807, 2.05) is 58.9 Å². The van der Waals surface area contributed by atoms with Crippen LogP contribution in [0, 0.1) is 13.8 Å². The average Bonchev–Trinajstić information content (AvgIpc) is 2.74. The molecule has 2 rings (SSSR count). The fraction of sp³-hybridized carbons (Fsp3) is 0.462. The first-order valence-electron chi connectivity index (χ1n) is 11.4. The van der Waals surface area contributed by atoms with Gasteiger partial charge >= 0.3 is 0 Å². The molecule has 2 aromatic rings. The van der Waals surface area contributed by atoms with E-state index in [0.717, 1.165) is 27.3 Å². The Hall–Kier alpha value is -3.07. The molecule has 0 heterocycles. The SMILES string of the molecule is COc1ccc(C)cc1N(CC(=O)N(Cc1ccc(C)cc1)C(C)C(=O)NC(C)(C)C)S(C)(=O)=O. The van der Waals surface area contributed by atoms with E-state index in [0.29, 0.717) is 5.75 Å². The van der Waals surface area contributed by atoms with Crippen LogP contribution in [-0.4, -0.2) is 56.6 Å². The second kappa shape index (κ2) is 11.1. The standard InChI is InChI=1S/C26H37N3O5S/c1-18-9-12-21(13-10-18)16-28(20(3)25(31)27-26(4,5)6)24(30)17-29(35(8,32)33)22-15-19(2)11-14-23(22)34-7/h9-15,20H,16-17H2,1-8H3,(H,27,31). The topological polar surface area (TPSA) is 96.0 Å². The first-order chi connectivity index (χ1) is 16.1. The Morgan fingerprint density at radius 2 is 1.60 bits per heavy atom. The molecular formula is C26H37N3O5S. The van der Waals surface area contributed by atoms with Gasteiger partial charge in [-0.15, -0.1) is 0 Å². The molecule has 1 N–H and O–H groups in total. The molecular weight excluding hydrogens is 466 g/mol. The number of aryl methyl sites for hydroxylation is 2. The van der Waals surface area contributed by atoms with Gasteiger partial charge in [0.15, 0.2) is 0 Å². The summed E-state index contributed by atoms with van der Waals surface area (Å²) in [4.78, 5) is 28.0. The van der Waals surface area contributed by atoms with Crippen LogP contribution in [0.1, 0.15) is 44.4 Å². The van der Waals surface area contributed by atoms with Crippen molar-refractivity contribution >= 4 is 27.5 Å².